The molecule has 0 atom stereocenters. The molecule has 2 aromatic rings. The Bertz CT molecular complexity index is 701. The van der Waals surface area contributed by atoms with Crippen LogP contribution in [0.2, 0.25) is 5.02 Å². The van der Waals surface area contributed by atoms with Gasteiger partial charge in [-0.15, -0.1) is 10.2 Å². The Balaban J connectivity index is 1.56. The quantitative estimate of drug-likeness (QED) is 0.740. The molecule has 0 saturated heterocycles. The van der Waals surface area contributed by atoms with Gasteiger partial charge < -0.3 is 9.32 Å². The Morgan fingerprint density at radius 1 is 1.33 bits per heavy atom. The summed E-state index contributed by atoms with van der Waals surface area (Å²) in [6, 6.07) is 7.62. The minimum Gasteiger partial charge on any atom is -0.411 e. The summed E-state index contributed by atoms with van der Waals surface area (Å²) >= 11 is 7.24. The first kappa shape index (κ1) is 17.3. The van der Waals surface area contributed by atoms with Crippen molar-refractivity contribution in [2.75, 3.05) is 12.8 Å². The SMILES string of the molecule is CN(C(=O)CSc1nnc(-c2cccc(Cl)c2)o1)C1CCCCC1. The highest BCUT2D eigenvalue weighted by Crippen LogP contribution is 2.26. The van der Waals surface area contributed by atoms with Crippen LogP contribution in [0.4, 0.5) is 0 Å². The molecule has 0 aliphatic heterocycles. The van der Waals surface area contributed by atoms with E-state index in [9.17, 15) is 4.79 Å². The molecule has 3 rings (SSSR count). The lowest BCUT2D eigenvalue weighted by molar-refractivity contribution is -0.129. The van der Waals surface area contributed by atoms with Crippen LogP contribution in [-0.2, 0) is 4.79 Å². The minimum absolute atomic E-state index is 0.106. The van der Waals surface area contributed by atoms with Crippen molar-refractivity contribution < 1.29 is 9.21 Å². The van der Waals surface area contributed by atoms with Gasteiger partial charge in [0, 0.05) is 23.7 Å². The number of hydrogen-bond acceptors (Lipinski definition) is 5. The van der Waals surface area contributed by atoms with E-state index in [0.717, 1.165) is 18.4 Å². The van der Waals surface area contributed by atoms with Crippen molar-refractivity contribution in [2.24, 2.45) is 0 Å². The number of carbonyl (C=O) groups excluding carboxylic acids is 1. The van der Waals surface area contributed by atoms with Crippen molar-refractivity contribution in [1.82, 2.24) is 15.1 Å². The van der Waals surface area contributed by atoms with E-state index in [1.807, 2.05) is 24.1 Å². The second kappa shape index (κ2) is 8.03. The number of thioether (sulfide) groups is 1. The number of amides is 1. The molecule has 1 aliphatic carbocycles. The van der Waals surface area contributed by atoms with E-state index >= 15 is 0 Å². The molecule has 0 bridgehead atoms. The summed E-state index contributed by atoms with van der Waals surface area (Å²) in [7, 11) is 1.89. The number of rotatable bonds is 5. The lowest BCUT2D eigenvalue weighted by atomic mass is 9.94. The van der Waals surface area contributed by atoms with Crippen molar-refractivity contribution in [3.05, 3.63) is 29.3 Å². The van der Waals surface area contributed by atoms with Gasteiger partial charge in [0.1, 0.15) is 0 Å². The van der Waals surface area contributed by atoms with Gasteiger partial charge in [-0.05, 0) is 31.0 Å². The number of carbonyl (C=O) groups is 1. The standard InChI is InChI=1S/C17H20ClN3O2S/c1-21(14-8-3-2-4-9-14)15(22)11-24-17-20-19-16(23-17)12-6-5-7-13(18)10-12/h5-7,10,14H,2-4,8-9,11H2,1H3. The number of aromatic nitrogens is 2. The van der Waals surface area contributed by atoms with E-state index in [4.69, 9.17) is 16.0 Å². The largest absolute Gasteiger partial charge is 0.411 e. The fourth-order valence-electron chi connectivity index (χ4n) is 2.90. The van der Waals surface area contributed by atoms with Crippen molar-refractivity contribution in [3.63, 3.8) is 0 Å². The van der Waals surface area contributed by atoms with Crippen molar-refractivity contribution >= 4 is 29.3 Å². The summed E-state index contributed by atoms with van der Waals surface area (Å²) < 4.78 is 5.61. The van der Waals surface area contributed by atoms with Crippen LogP contribution in [0, 0.1) is 0 Å². The van der Waals surface area contributed by atoms with Gasteiger partial charge in [0.15, 0.2) is 0 Å². The third-order valence-electron chi connectivity index (χ3n) is 4.31. The van der Waals surface area contributed by atoms with E-state index in [1.165, 1.54) is 31.0 Å². The van der Waals surface area contributed by atoms with Crippen LogP contribution in [0.5, 0.6) is 0 Å². The molecule has 128 valence electrons. The number of benzene rings is 1. The summed E-state index contributed by atoms with van der Waals surface area (Å²) in [6.45, 7) is 0. The van der Waals surface area contributed by atoms with Gasteiger partial charge in [0.05, 0.1) is 5.75 Å². The topological polar surface area (TPSA) is 59.2 Å². The Morgan fingerprint density at radius 3 is 2.88 bits per heavy atom. The van der Waals surface area contributed by atoms with E-state index in [-0.39, 0.29) is 5.91 Å². The van der Waals surface area contributed by atoms with Gasteiger partial charge >= 0.3 is 0 Å². The van der Waals surface area contributed by atoms with Crippen LogP contribution in [0.25, 0.3) is 11.5 Å². The maximum absolute atomic E-state index is 12.3. The first-order valence-electron chi connectivity index (χ1n) is 8.11. The number of nitrogens with zero attached hydrogens (tertiary/aromatic N) is 3. The first-order chi connectivity index (χ1) is 11.6. The van der Waals surface area contributed by atoms with E-state index in [2.05, 4.69) is 10.2 Å². The average molecular weight is 366 g/mol. The number of halogens is 1. The second-order valence-corrected chi connectivity index (χ2v) is 7.33. The van der Waals surface area contributed by atoms with Crippen molar-refractivity contribution in [2.45, 2.75) is 43.4 Å². The summed E-state index contributed by atoms with van der Waals surface area (Å²) in [5, 5.41) is 9.03. The minimum atomic E-state index is 0.106. The molecule has 1 aromatic carbocycles. The fourth-order valence-corrected chi connectivity index (χ4v) is 3.78. The molecule has 1 amide bonds. The van der Waals surface area contributed by atoms with Gasteiger partial charge in [-0.25, -0.2) is 0 Å². The molecule has 0 radical (unpaired) electrons. The molecule has 5 nitrogen and oxygen atoms in total. The van der Waals surface area contributed by atoms with Crippen molar-refractivity contribution in [3.8, 4) is 11.5 Å². The third-order valence-corrected chi connectivity index (χ3v) is 5.35. The highest BCUT2D eigenvalue weighted by Gasteiger charge is 2.22. The van der Waals surface area contributed by atoms with Crippen LogP contribution >= 0.6 is 23.4 Å². The highest BCUT2D eigenvalue weighted by atomic mass is 35.5. The molecular formula is C17H20ClN3O2S. The Kier molecular flexibility index (Phi) is 5.79. The normalized spacial score (nSPS) is 15.4. The smallest absolute Gasteiger partial charge is 0.277 e. The summed E-state index contributed by atoms with van der Waals surface area (Å²) in [6.07, 6.45) is 5.91. The third kappa shape index (κ3) is 4.30. The predicted molar refractivity (Wildman–Crippen MR) is 95.1 cm³/mol. The molecule has 1 aliphatic rings. The Labute approximate surface area is 150 Å². The van der Waals surface area contributed by atoms with Crippen molar-refractivity contribution in [1.29, 1.82) is 0 Å². The lowest BCUT2D eigenvalue weighted by Crippen LogP contribution is -2.39. The predicted octanol–water partition coefficient (Wildman–Crippen LogP) is 4.27. The van der Waals surface area contributed by atoms with Gasteiger partial charge in [0.25, 0.3) is 5.22 Å². The molecule has 1 saturated carbocycles. The molecular weight excluding hydrogens is 346 g/mol. The van der Waals surface area contributed by atoms with Crippen LogP contribution in [-0.4, -0.2) is 39.8 Å². The summed E-state index contributed by atoms with van der Waals surface area (Å²) in [5.41, 5.74) is 0.771. The second-order valence-electron chi connectivity index (χ2n) is 5.97. The summed E-state index contributed by atoms with van der Waals surface area (Å²) in [5.74, 6) is 0.826. The van der Waals surface area contributed by atoms with Gasteiger partial charge in [-0.2, -0.15) is 0 Å². The van der Waals surface area contributed by atoms with Crippen LogP contribution in [0.3, 0.4) is 0 Å². The molecule has 0 spiro atoms. The fraction of sp³-hybridized carbons (Fsp3) is 0.471. The molecule has 1 aromatic heterocycles. The zero-order valence-electron chi connectivity index (χ0n) is 13.6. The molecule has 1 fully saturated rings. The highest BCUT2D eigenvalue weighted by molar-refractivity contribution is 7.99. The zero-order valence-corrected chi connectivity index (χ0v) is 15.1. The molecule has 0 unspecified atom stereocenters. The Hall–Kier alpha value is -1.53. The number of hydrogen-bond donors (Lipinski definition) is 0. The van der Waals surface area contributed by atoms with Crippen LogP contribution in [0.1, 0.15) is 32.1 Å². The molecule has 0 N–H and O–H groups in total. The van der Waals surface area contributed by atoms with Gasteiger partial charge in [0.2, 0.25) is 11.8 Å². The maximum Gasteiger partial charge on any atom is 0.277 e. The maximum atomic E-state index is 12.3. The molecule has 7 heteroatoms. The summed E-state index contributed by atoms with van der Waals surface area (Å²) in [4.78, 5) is 14.2. The average Bonchev–Trinajstić information content (AvgIpc) is 3.09. The zero-order chi connectivity index (χ0) is 16.9. The van der Waals surface area contributed by atoms with Crippen LogP contribution in [0.15, 0.2) is 33.9 Å². The first-order valence-corrected chi connectivity index (χ1v) is 9.48. The van der Waals surface area contributed by atoms with Gasteiger partial charge in [-0.3, -0.25) is 4.79 Å². The monoisotopic (exact) mass is 365 g/mol. The van der Waals surface area contributed by atoms with E-state index in [0.29, 0.717) is 27.9 Å². The lowest BCUT2D eigenvalue weighted by Gasteiger charge is -2.31. The van der Waals surface area contributed by atoms with Crippen LogP contribution < -0.4 is 0 Å². The molecule has 24 heavy (non-hydrogen) atoms. The van der Waals surface area contributed by atoms with Gasteiger partial charge in [-0.1, -0.05) is 48.7 Å². The van der Waals surface area contributed by atoms with E-state index < -0.39 is 0 Å². The van der Waals surface area contributed by atoms with E-state index in [1.54, 1.807) is 12.1 Å². The Morgan fingerprint density at radius 2 is 2.12 bits per heavy atom. The molecule has 1 heterocycles.